The van der Waals surface area contributed by atoms with Crippen LogP contribution in [0.15, 0.2) is 6.07 Å². The van der Waals surface area contributed by atoms with Gasteiger partial charge in [-0.05, 0) is 26.3 Å². The number of β-amino-alcohol motifs (C(OH)–C–C–N with tert-alkyl or cyclic N) is 1. The first-order valence-corrected chi connectivity index (χ1v) is 7.61. The summed E-state index contributed by atoms with van der Waals surface area (Å²) in [7, 11) is 0. The number of aliphatic hydroxyl groups is 1. The largest absolute Gasteiger partial charge is 0.389 e. The molecule has 0 aliphatic carbocycles. The van der Waals surface area contributed by atoms with Crippen molar-refractivity contribution in [1.82, 2.24) is 20.0 Å². The molecule has 1 saturated heterocycles. The average molecular weight is 308 g/mol. The van der Waals surface area contributed by atoms with Crippen LogP contribution in [0, 0.1) is 13.8 Å². The maximum Gasteiger partial charge on any atom is 0.222 e. The van der Waals surface area contributed by atoms with Gasteiger partial charge in [-0.3, -0.25) is 14.3 Å². The van der Waals surface area contributed by atoms with Gasteiger partial charge in [-0.25, -0.2) is 0 Å². The summed E-state index contributed by atoms with van der Waals surface area (Å²) >= 11 is 0. The van der Waals surface area contributed by atoms with Gasteiger partial charge in [-0.2, -0.15) is 5.10 Å². The topological polar surface area (TPSA) is 87.5 Å². The molecule has 2 heterocycles. The third-order valence-corrected chi connectivity index (χ3v) is 3.89. The van der Waals surface area contributed by atoms with E-state index < -0.39 is 6.10 Å². The van der Waals surface area contributed by atoms with Crippen LogP contribution in [-0.4, -0.2) is 56.8 Å². The van der Waals surface area contributed by atoms with Crippen molar-refractivity contribution in [2.24, 2.45) is 0 Å². The minimum Gasteiger partial charge on any atom is -0.389 e. The highest BCUT2D eigenvalue weighted by Crippen LogP contribution is 2.13. The number of hydrogen-bond donors (Lipinski definition) is 2. The summed E-state index contributed by atoms with van der Waals surface area (Å²) in [5, 5.41) is 16.9. The van der Waals surface area contributed by atoms with Crippen molar-refractivity contribution in [2.75, 3.05) is 13.1 Å². The van der Waals surface area contributed by atoms with Crippen molar-refractivity contribution in [1.29, 1.82) is 0 Å². The van der Waals surface area contributed by atoms with Gasteiger partial charge in [0.15, 0.2) is 0 Å². The number of nitrogens with zero attached hydrogens (tertiary/aromatic N) is 3. The number of carbonyl (C=O) groups excluding carboxylic acids is 2. The van der Waals surface area contributed by atoms with E-state index in [1.807, 2.05) is 24.6 Å². The summed E-state index contributed by atoms with van der Waals surface area (Å²) in [6.07, 6.45) is 0.430. The normalized spacial score (nSPS) is 21.2. The van der Waals surface area contributed by atoms with Crippen molar-refractivity contribution in [2.45, 2.75) is 52.3 Å². The lowest BCUT2D eigenvalue weighted by molar-refractivity contribution is -0.130. The Morgan fingerprint density at radius 2 is 2.14 bits per heavy atom. The van der Waals surface area contributed by atoms with Gasteiger partial charge < -0.3 is 15.3 Å². The summed E-state index contributed by atoms with van der Waals surface area (Å²) in [4.78, 5) is 24.8. The number of likely N-dealkylation sites (tertiary alicyclic amines) is 1. The number of aliphatic hydroxyl groups excluding tert-OH is 1. The molecule has 1 aromatic rings. The fourth-order valence-electron chi connectivity index (χ4n) is 2.83. The van der Waals surface area contributed by atoms with Crippen LogP contribution in [0.5, 0.6) is 0 Å². The van der Waals surface area contributed by atoms with Crippen molar-refractivity contribution < 1.29 is 14.7 Å². The Hall–Kier alpha value is -1.89. The molecule has 122 valence electrons. The van der Waals surface area contributed by atoms with Crippen molar-refractivity contribution in [3.63, 3.8) is 0 Å². The number of amides is 2. The summed E-state index contributed by atoms with van der Waals surface area (Å²) < 4.78 is 1.90. The maximum atomic E-state index is 12.2. The van der Waals surface area contributed by atoms with Crippen LogP contribution in [0.25, 0.3) is 0 Å². The molecule has 7 heteroatoms. The molecule has 1 aliphatic rings. The first-order chi connectivity index (χ1) is 10.4. The molecular weight excluding hydrogens is 284 g/mol. The van der Waals surface area contributed by atoms with Crippen LogP contribution in [0.2, 0.25) is 0 Å². The minimum absolute atomic E-state index is 0.00781. The lowest BCUT2D eigenvalue weighted by atomic mass is 10.2. The molecule has 2 amide bonds. The van der Waals surface area contributed by atoms with E-state index in [0.29, 0.717) is 25.9 Å². The minimum atomic E-state index is -0.691. The molecule has 0 radical (unpaired) electrons. The Morgan fingerprint density at radius 3 is 2.73 bits per heavy atom. The summed E-state index contributed by atoms with van der Waals surface area (Å²) in [5.74, 6) is -0.184. The first-order valence-electron chi connectivity index (χ1n) is 7.61. The van der Waals surface area contributed by atoms with Gasteiger partial charge in [0.25, 0.3) is 0 Å². The van der Waals surface area contributed by atoms with E-state index >= 15 is 0 Å². The molecule has 1 aliphatic heterocycles. The van der Waals surface area contributed by atoms with Gasteiger partial charge in [0, 0.05) is 38.7 Å². The Morgan fingerprint density at radius 1 is 1.41 bits per heavy atom. The summed E-state index contributed by atoms with van der Waals surface area (Å²) in [5.41, 5.74) is 2.07. The van der Waals surface area contributed by atoms with Crippen LogP contribution in [0.3, 0.4) is 0 Å². The fraction of sp³-hybridized carbons (Fsp3) is 0.667. The van der Waals surface area contributed by atoms with Gasteiger partial charge in [0.1, 0.15) is 0 Å². The van der Waals surface area contributed by atoms with Crippen molar-refractivity contribution in [3.8, 4) is 0 Å². The molecule has 1 fully saturated rings. The molecule has 2 N–H and O–H groups in total. The van der Waals surface area contributed by atoms with Crippen molar-refractivity contribution in [3.05, 3.63) is 17.5 Å². The Labute approximate surface area is 130 Å². The summed E-state index contributed by atoms with van der Waals surface area (Å²) in [6.45, 7) is 6.71. The zero-order valence-electron chi connectivity index (χ0n) is 13.4. The van der Waals surface area contributed by atoms with Crippen LogP contribution in [0.4, 0.5) is 0 Å². The van der Waals surface area contributed by atoms with E-state index in [9.17, 15) is 14.7 Å². The molecule has 0 spiro atoms. The van der Waals surface area contributed by atoms with E-state index in [-0.39, 0.29) is 24.4 Å². The van der Waals surface area contributed by atoms with Gasteiger partial charge in [0.05, 0.1) is 17.8 Å². The Balaban J connectivity index is 1.78. The molecule has 0 unspecified atom stereocenters. The fourth-order valence-corrected chi connectivity index (χ4v) is 2.83. The SMILES string of the molecule is CC(=O)N[C@@H]1CN(C(=O)CCCn2nc(C)cc2C)C[C@H]1O. The second-order valence-electron chi connectivity index (χ2n) is 5.93. The van der Waals surface area contributed by atoms with Crippen LogP contribution >= 0.6 is 0 Å². The number of hydrogen-bond acceptors (Lipinski definition) is 4. The molecule has 0 saturated carbocycles. The second-order valence-corrected chi connectivity index (χ2v) is 5.93. The monoisotopic (exact) mass is 308 g/mol. The smallest absolute Gasteiger partial charge is 0.222 e. The van der Waals surface area contributed by atoms with Gasteiger partial charge in [-0.1, -0.05) is 0 Å². The lowest BCUT2D eigenvalue weighted by Crippen LogP contribution is -2.41. The number of aryl methyl sites for hydroxylation is 3. The molecule has 0 aromatic carbocycles. The summed E-state index contributed by atoms with van der Waals surface area (Å²) in [6, 6.07) is 1.65. The van der Waals surface area contributed by atoms with E-state index in [0.717, 1.165) is 11.4 Å². The quantitative estimate of drug-likeness (QED) is 0.801. The molecule has 22 heavy (non-hydrogen) atoms. The second kappa shape index (κ2) is 6.91. The average Bonchev–Trinajstić information content (AvgIpc) is 2.92. The van der Waals surface area contributed by atoms with Gasteiger partial charge in [-0.15, -0.1) is 0 Å². The van der Waals surface area contributed by atoms with E-state index in [1.165, 1.54) is 6.92 Å². The maximum absolute atomic E-state index is 12.2. The van der Waals surface area contributed by atoms with E-state index in [4.69, 9.17) is 0 Å². The standard InChI is InChI=1S/C15H24N4O3/c1-10-7-11(2)19(17-10)6-4-5-15(22)18-8-13(14(21)9-18)16-12(3)20/h7,13-14,21H,4-6,8-9H2,1-3H3,(H,16,20)/t13-,14-/m1/s1. The highest BCUT2D eigenvalue weighted by atomic mass is 16.3. The van der Waals surface area contributed by atoms with Gasteiger partial charge >= 0.3 is 0 Å². The predicted molar refractivity (Wildman–Crippen MR) is 81.1 cm³/mol. The molecule has 2 rings (SSSR count). The highest BCUT2D eigenvalue weighted by molar-refractivity contribution is 5.77. The van der Waals surface area contributed by atoms with Crippen molar-refractivity contribution >= 4 is 11.8 Å². The van der Waals surface area contributed by atoms with Crippen LogP contribution in [0.1, 0.15) is 31.2 Å². The third-order valence-electron chi connectivity index (χ3n) is 3.89. The molecule has 2 atom stereocenters. The molecule has 7 nitrogen and oxygen atoms in total. The van der Waals surface area contributed by atoms with E-state index in [2.05, 4.69) is 10.4 Å². The molecular formula is C15H24N4O3. The van der Waals surface area contributed by atoms with E-state index in [1.54, 1.807) is 4.90 Å². The first kappa shape index (κ1) is 16.5. The third kappa shape index (κ3) is 4.07. The number of rotatable bonds is 5. The van der Waals surface area contributed by atoms with Crippen LogP contribution < -0.4 is 5.32 Å². The predicted octanol–water partition coefficient (Wildman–Crippen LogP) is -0.0121. The highest BCUT2D eigenvalue weighted by Gasteiger charge is 2.34. The zero-order valence-corrected chi connectivity index (χ0v) is 13.4. The number of carbonyl (C=O) groups is 2. The van der Waals surface area contributed by atoms with Crippen LogP contribution in [-0.2, 0) is 16.1 Å². The Kier molecular flexibility index (Phi) is 5.18. The number of aromatic nitrogens is 2. The lowest BCUT2D eigenvalue weighted by Gasteiger charge is -2.16. The van der Waals surface area contributed by atoms with Gasteiger partial charge in [0.2, 0.25) is 11.8 Å². The zero-order chi connectivity index (χ0) is 16.3. The molecule has 1 aromatic heterocycles. The Bertz CT molecular complexity index is 555. The number of nitrogens with one attached hydrogen (secondary N) is 1. The molecule has 0 bridgehead atoms.